The van der Waals surface area contributed by atoms with Gasteiger partial charge in [-0.3, -0.25) is 9.69 Å². The van der Waals surface area contributed by atoms with Gasteiger partial charge in [0.05, 0.1) is 47.7 Å². The van der Waals surface area contributed by atoms with Gasteiger partial charge >= 0.3 is 12.8 Å². The molecule has 276 valence electrons. The van der Waals surface area contributed by atoms with Crippen molar-refractivity contribution < 1.29 is 39.9 Å². The van der Waals surface area contributed by atoms with E-state index < -0.39 is 40.5 Å². The molecule has 0 aromatic heterocycles. The van der Waals surface area contributed by atoms with E-state index in [1.165, 1.54) is 12.1 Å². The fourth-order valence-corrected chi connectivity index (χ4v) is 8.01. The van der Waals surface area contributed by atoms with E-state index in [1.807, 2.05) is 4.90 Å². The third kappa shape index (κ3) is 10.6. The summed E-state index contributed by atoms with van der Waals surface area (Å²) < 4.78 is 95.3. The molecule has 0 unspecified atom stereocenters. The summed E-state index contributed by atoms with van der Waals surface area (Å²) in [5, 5.41) is 12.2. The molecular formula is C36H47F5N4O4S. The number of sulfone groups is 1. The van der Waals surface area contributed by atoms with Crippen molar-refractivity contribution in [2.45, 2.75) is 95.1 Å². The molecule has 3 atom stereocenters. The topological polar surface area (TPSA) is 103 Å². The minimum atomic E-state index is -4.17. The number of hydrogen-bond donors (Lipinski definition) is 1. The lowest BCUT2D eigenvalue weighted by atomic mass is 9.81. The third-order valence-electron chi connectivity index (χ3n) is 9.81. The van der Waals surface area contributed by atoms with Crippen LogP contribution in [0.15, 0.2) is 53.4 Å². The highest BCUT2D eigenvalue weighted by molar-refractivity contribution is 7.91. The summed E-state index contributed by atoms with van der Waals surface area (Å²) in [6.07, 6.45) is -2.43. The lowest BCUT2D eigenvalue weighted by Crippen LogP contribution is -2.43. The standard InChI is InChI=1S/C36H47F5N4O4S/c1-4-50(47,48)32-15-9-26(10-16-32)33(17-18-42)43-34(46)27-7-13-29(14-8-27)45-22-30(19-31(45)23-49-35(37)38)44(20-24(2)3)21-25-5-11-28(12-6-25)36(39,40)41/h7-10,13-16,24-25,28,30-31,33,35H,4-6,11-12,17,19-23H2,1-3H3,(H,43,46)/t25-,28-,30-,31+,33+/m1/s1. The van der Waals surface area contributed by atoms with Gasteiger partial charge in [0.15, 0.2) is 9.84 Å². The van der Waals surface area contributed by atoms with Gasteiger partial charge in [0.1, 0.15) is 0 Å². The second-order valence-corrected chi connectivity index (χ2v) is 16.1. The Morgan fingerprint density at radius 3 is 2.24 bits per heavy atom. The molecule has 1 saturated heterocycles. The lowest BCUT2D eigenvalue weighted by Gasteiger charge is -2.37. The van der Waals surface area contributed by atoms with Crippen molar-refractivity contribution in [2.24, 2.45) is 17.8 Å². The molecule has 1 amide bonds. The number of ether oxygens (including phenoxy) is 1. The number of carbonyl (C=O) groups excluding carboxylic acids is 1. The van der Waals surface area contributed by atoms with Crippen LogP contribution in [0.5, 0.6) is 0 Å². The van der Waals surface area contributed by atoms with E-state index in [4.69, 9.17) is 4.74 Å². The number of halogens is 5. The number of alkyl halides is 5. The van der Waals surface area contributed by atoms with Crippen molar-refractivity contribution in [2.75, 3.05) is 36.9 Å². The Kier molecular flexibility index (Phi) is 13.7. The van der Waals surface area contributed by atoms with Gasteiger partial charge in [-0.25, -0.2) is 8.42 Å². The summed E-state index contributed by atoms with van der Waals surface area (Å²) in [6.45, 7) is 4.42. The predicted octanol–water partition coefficient (Wildman–Crippen LogP) is 7.38. The van der Waals surface area contributed by atoms with Crippen molar-refractivity contribution in [3.63, 3.8) is 0 Å². The van der Waals surface area contributed by atoms with Crippen molar-refractivity contribution in [3.8, 4) is 6.07 Å². The van der Waals surface area contributed by atoms with Crippen LogP contribution < -0.4 is 10.2 Å². The van der Waals surface area contributed by atoms with Gasteiger partial charge in [-0.15, -0.1) is 0 Å². The van der Waals surface area contributed by atoms with E-state index in [2.05, 4.69) is 30.1 Å². The van der Waals surface area contributed by atoms with E-state index in [0.717, 1.165) is 6.54 Å². The number of nitriles is 1. The van der Waals surface area contributed by atoms with Gasteiger partial charge in [0, 0.05) is 36.9 Å². The second-order valence-electron chi connectivity index (χ2n) is 13.8. The molecule has 1 N–H and O–H groups in total. The molecule has 1 saturated carbocycles. The Hall–Kier alpha value is -3.28. The maximum absolute atomic E-state index is 13.3. The van der Waals surface area contributed by atoms with E-state index in [-0.39, 0.29) is 60.4 Å². The van der Waals surface area contributed by atoms with Crippen molar-refractivity contribution in [1.29, 1.82) is 5.26 Å². The normalized spacial score (nSPS) is 22.2. The Labute approximate surface area is 291 Å². The van der Waals surface area contributed by atoms with E-state index in [9.17, 15) is 40.4 Å². The number of nitrogens with zero attached hydrogens (tertiary/aromatic N) is 3. The zero-order valence-corrected chi connectivity index (χ0v) is 29.5. The van der Waals surface area contributed by atoms with Gasteiger partial charge in [0.25, 0.3) is 5.91 Å². The maximum Gasteiger partial charge on any atom is 0.391 e. The molecule has 0 bridgehead atoms. The predicted molar refractivity (Wildman–Crippen MR) is 180 cm³/mol. The quantitative estimate of drug-likeness (QED) is 0.191. The van der Waals surface area contributed by atoms with Crippen LogP contribution in [0.25, 0.3) is 0 Å². The Bertz CT molecular complexity index is 1540. The Morgan fingerprint density at radius 2 is 1.70 bits per heavy atom. The summed E-state index contributed by atoms with van der Waals surface area (Å²) >= 11 is 0. The number of hydrogen-bond acceptors (Lipinski definition) is 7. The molecule has 2 aromatic carbocycles. The summed E-state index contributed by atoms with van der Waals surface area (Å²) in [7, 11) is -3.41. The molecule has 0 spiro atoms. The summed E-state index contributed by atoms with van der Waals surface area (Å²) in [5.74, 6) is -1.33. The molecule has 14 heteroatoms. The Balaban J connectivity index is 1.47. The number of amides is 1. The molecule has 1 aliphatic heterocycles. The zero-order valence-electron chi connectivity index (χ0n) is 28.7. The number of carbonyl (C=O) groups is 1. The van der Waals surface area contributed by atoms with Crippen molar-refractivity contribution >= 4 is 21.4 Å². The van der Waals surface area contributed by atoms with Gasteiger partial charge in [-0.2, -0.15) is 27.2 Å². The average molecular weight is 727 g/mol. The molecule has 2 aromatic rings. The minimum Gasteiger partial charge on any atom is -0.365 e. The summed E-state index contributed by atoms with van der Waals surface area (Å²) in [6, 6.07) is 13.7. The lowest BCUT2D eigenvalue weighted by molar-refractivity contribution is -0.184. The van der Waals surface area contributed by atoms with E-state index in [0.29, 0.717) is 49.2 Å². The van der Waals surface area contributed by atoms with Crippen LogP contribution >= 0.6 is 0 Å². The van der Waals surface area contributed by atoms with Crippen LogP contribution in [-0.2, 0) is 14.6 Å². The molecule has 1 heterocycles. The van der Waals surface area contributed by atoms with Gasteiger partial charge in [-0.1, -0.05) is 32.9 Å². The van der Waals surface area contributed by atoms with Crippen LogP contribution in [-0.4, -0.2) is 76.1 Å². The van der Waals surface area contributed by atoms with E-state index >= 15 is 0 Å². The first-order chi connectivity index (χ1) is 23.6. The molecule has 50 heavy (non-hydrogen) atoms. The first-order valence-electron chi connectivity index (χ1n) is 17.2. The molecular weight excluding hydrogens is 679 g/mol. The minimum absolute atomic E-state index is 0.0302. The first kappa shape index (κ1) is 39.5. The van der Waals surface area contributed by atoms with Crippen LogP contribution in [0.2, 0.25) is 0 Å². The van der Waals surface area contributed by atoms with Crippen LogP contribution in [0, 0.1) is 29.1 Å². The maximum atomic E-state index is 13.3. The fourth-order valence-electron chi connectivity index (χ4n) is 7.12. The number of benzene rings is 2. The highest BCUT2D eigenvalue weighted by Gasteiger charge is 2.42. The van der Waals surface area contributed by atoms with E-state index in [1.54, 1.807) is 43.3 Å². The van der Waals surface area contributed by atoms with Crippen molar-refractivity contribution in [1.82, 2.24) is 10.2 Å². The van der Waals surface area contributed by atoms with Gasteiger partial charge in [-0.05, 0) is 85.9 Å². The third-order valence-corrected chi connectivity index (χ3v) is 11.6. The van der Waals surface area contributed by atoms with Crippen molar-refractivity contribution in [3.05, 3.63) is 59.7 Å². The second kappa shape index (κ2) is 17.3. The van der Waals surface area contributed by atoms with Crippen LogP contribution in [0.3, 0.4) is 0 Å². The first-order valence-corrected chi connectivity index (χ1v) is 18.8. The Morgan fingerprint density at radius 1 is 1.06 bits per heavy atom. The fraction of sp³-hybridized carbons (Fsp3) is 0.611. The SMILES string of the molecule is CCS(=O)(=O)c1ccc([C@H](CC#N)NC(=O)c2ccc(N3C[C@H](N(CC(C)C)C[C@H]4CC[C@H](C(F)(F)F)CC4)C[C@H]3COC(F)F)cc2)cc1. The molecule has 2 fully saturated rings. The number of nitrogens with one attached hydrogen (secondary N) is 1. The average Bonchev–Trinajstić information content (AvgIpc) is 3.51. The molecule has 8 nitrogen and oxygen atoms in total. The van der Waals surface area contributed by atoms with Crippen LogP contribution in [0.1, 0.15) is 81.3 Å². The number of anilines is 1. The molecule has 0 radical (unpaired) electrons. The zero-order chi connectivity index (χ0) is 36.6. The van der Waals surface area contributed by atoms with Gasteiger partial charge < -0.3 is 15.0 Å². The van der Waals surface area contributed by atoms with Gasteiger partial charge in [0.2, 0.25) is 0 Å². The highest BCUT2D eigenvalue weighted by atomic mass is 32.2. The highest BCUT2D eigenvalue weighted by Crippen LogP contribution is 2.40. The smallest absolute Gasteiger partial charge is 0.365 e. The summed E-state index contributed by atoms with van der Waals surface area (Å²) in [4.78, 5) is 17.7. The monoisotopic (exact) mass is 726 g/mol. The largest absolute Gasteiger partial charge is 0.391 e. The summed E-state index contributed by atoms with van der Waals surface area (Å²) in [5.41, 5.74) is 1.60. The number of rotatable bonds is 15. The van der Waals surface area contributed by atoms with Crippen LogP contribution in [0.4, 0.5) is 27.6 Å². The molecule has 1 aliphatic carbocycles. The molecule has 4 rings (SSSR count). The molecule has 2 aliphatic rings.